The summed E-state index contributed by atoms with van der Waals surface area (Å²) >= 11 is 0. The van der Waals surface area contributed by atoms with Crippen molar-refractivity contribution in [2.24, 2.45) is 5.41 Å². The zero-order valence-electron chi connectivity index (χ0n) is 13.5. The van der Waals surface area contributed by atoms with E-state index in [-0.39, 0.29) is 17.4 Å². The highest BCUT2D eigenvalue weighted by Gasteiger charge is 2.43. The van der Waals surface area contributed by atoms with Gasteiger partial charge in [0.1, 0.15) is 0 Å². The minimum Gasteiger partial charge on any atom is -0.384 e. The van der Waals surface area contributed by atoms with Gasteiger partial charge in [0, 0.05) is 26.8 Å². The summed E-state index contributed by atoms with van der Waals surface area (Å²) in [6.45, 7) is 6.86. The first-order chi connectivity index (χ1) is 10.2. The number of likely N-dealkylation sites (tertiary alicyclic amines) is 1. The van der Waals surface area contributed by atoms with E-state index in [4.69, 9.17) is 9.47 Å². The van der Waals surface area contributed by atoms with Crippen molar-refractivity contribution in [1.29, 1.82) is 0 Å². The number of amides is 1. The first kappa shape index (κ1) is 16.7. The van der Waals surface area contributed by atoms with Crippen LogP contribution in [0.5, 0.6) is 0 Å². The minimum absolute atomic E-state index is 0.212. The molecule has 0 radical (unpaired) electrons. The van der Waals surface area contributed by atoms with Crippen molar-refractivity contribution in [3.63, 3.8) is 0 Å². The SMILES string of the molecule is CCCOC1CCCN(C(=O)C2(COC)CCNCC2)C1. The van der Waals surface area contributed by atoms with Crippen LogP contribution in [0, 0.1) is 5.41 Å². The zero-order chi connectivity index (χ0) is 15.1. The van der Waals surface area contributed by atoms with Gasteiger partial charge in [0.2, 0.25) is 5.91 Å². The Labute approximate surface area is 128 Å². The van der Waals surface area contributed by atoms with Crippen LogP contribution in [0.2, 0.25) is 0 Å². The Kier molecular flexibility index (Phi) is 6.45. The molecule has 1 amide bonds. The molecule has 21 heavy (non-hydrogen) atoms. The second-order valence-electron chi connectivity index (χ2n) is 6.35. The second kappa shape index (κ2) is 8.11. The first-order valence-corrected chi connectivity index (χ1v) is 8.32. The average molecular weight is 298 g/mol. The van der Waals surface area contributed by atoms with Crippen LogP contribution >= 0.6 is 0 Å². The number of nitrogens with one attached hydrogen (secondary N) is 1. The molecular formula is C16H30N2O3. The van der Waals surface area contributed by atoms with Crippen LogP contribution < -0.4 is 5.32 Å². The van der Waals surface area contributed by atoms with Gasteiger partial charge in [-0.3, -0.25) is 4.79 Å². The maximum absolute atomic E-state index is 13.0. The highest BCUT2D eigenvalue weighted by Crippen LogP contribution is 2.32. The Hall–Kier alpha value is -0.650. The fourth-order valence-corrected chi connectivity index (χ4v) is 3.48. The van der Waals surface area contributed by atoms with Crippen molar-refractivity contribution in [3.05, 3.63) is 0 Å². The topological polar surface area (TPSA) is 50.8 Å². The monoisotopic (exact) mass is 298 g/mol. The van der Waals surface area contributed by atoms with Gasteiger partial charge in [0.15, 0.2) is 0 Å². The van der Waals surface area contributed by atoms with E-state index >= 15 is 0 Å². The van der Waals surface area contributed by atoms with Gasteiger partial charge in [-0.15, -0.1) is 0 Å². The van der Waals surface area contributed by atoms with E-state index in [2.05, 4.69) is 12.2 Å². The Morgan fingerprint density at radius 1 is 1.38 bits per heavy atom. The molecule has 0 aliphatic carbocycles. The summed E-state index contributed by atoms with van der Waals surface area (Å²) < 4.78 is 11.2. The highest BCUT2D eigenvalue weighted by atomic mass is 16.5. The second-order valence-corrected chi connectivity index (χ2v) is 6.35. The molecule has 122 valence electrons. The van der Waals surface area contributed by atoms with E-state index in [1.165, 1.54) is 0 Å². The number of hydrogen-bond acceptors (Lipinski definition) is 4. The third-order valence-corrected chi connectivity index (χ3v) is 4.66. The number of piperidine rings is 2. The van der Waals surface area contributed by atoms with Gasteiger partial charge in [-0.2, -0.15) is 0 Å². The van der Waals surface area contributed by atoms with Crippen molar-refractivity contribution < 1.29 is 14.3 Å². The number of carbonyl (C=O) groups is 1. The van der Waals surface area contributed by atoms with Crippen LogP contribution in [0.3, 0.4) is 0 Å². The number of nitrogens with zero attached hydrogens (tertiary/aromatic N) is 1. The van der Waals surface area contributed by atoms with E-state index in [1.807, 2.05) is 4.90 Å². The molecule has 0 bridgehead atoms. The molecule has 2 rings (SSSR count). The smallest absolute Gasteiger partial charge is 0.231 e. The summed E-state index contributed by atoms with van der Waals surface area (Å²) in [6, 6.07) is 0. The van der Waals surface area contributed by atoms with Gasteiger partial charge in [-0.1, -0.05) is 6.92 Å². The summed E-state index contributed by atoms with van der Waals surface area (Å²) in [5, 5.41) is 3.34. The molecule has 2 saturated heterocycles. The lowest BCUT2D eigenvalue weighted by molar-refractivity contribution is -0.151. The zero-order valence-corrected chi connectivity index (χ0v) is 13.5. The van der Waals surface area contributed by atoms with Crippen molar-refractivity contribution in [1.82, 2.24) is 10.2 Å². The van der Waals surface area contributed by atoms with Crippen molar-refractivity contribution in [2.75, 3.05) is 46.5 Å². The highest BCUT2D eigenvalue weighted by molar-refractivity contribution is 5.83. The Balaban J connectivity index is 1.98. The quantitative estimate of drug-likeness (QED) is 0.806. The van der Waals surface area contributed by atoms with E-state index < -0.39 is 0 Å². The molecule has 0 spiro atoms. The van der Waals surface area contributed by atoms with Crippen LogP contribution in [-0.4, -0.2) is 63.4 Å². The Morgan fingerprint density at radius 2 is 2.14 bits per heavy atom. The van der Waals surface area contributed by atoms with E-state index in [1.54, 1.807) is 7.11 Å². The minimum atomic E-state index is -0.327. The molecule has 2 aliphatic rings. The number of ether oxygens (including phenoxy) is 2. The molecule has 0 aromatic rings. The van der Waals surface area contributed by atoms with Gasteiger partial charge < -0.3 is 19.7 Å². The van der Waals surface area contributed by atoms with Gasteiger partial charge in [0.25, 0.3) is 0 Å². The number of rotatable bonds is 6. The van der Waals surface area contributed by atoms with E-state index in [0.29, 0.717) is 6.61 Å². The first-order valence-electron chi connectivity index (χ1n) is 8.32. The third-order valence-electron chi connectivity index (χ3n) is 4.66. The van der Waals surface area contributed by atoms with Gasteiger partial charge in [0.05, 0.1) is 18.1 Å². The largest absolute Gasteiger partial charge is 0.384 e. The number of hydrogen-bond donors (Lipinski definition) is 1. The van der Waals surface area contributed by atoms with Crippen LogP contribution in [0.4, 0.5) is 0 Å². The molecule has 5 nitrogen and oxygen atoms in total. The molecule has 0 aromatic carbocycles. The number of carbonyl (C=O) groups excluding carboxylic acids is 1. The fourth-order valence-electron chi connectivity index (χ4n) is 3.48. The fraction of sp³-hybridized carbons (Fsp3) is 0.938. The van der Waals surface area contributed by atoms with E-state index in [9.17, 15) is 4.79 Å². The summed E-state index contributed by atoms with van der Waals surface area (Å²) in [7, 11) is 1.69. The molecule has 1 unspecified atom stereocenters. The van der Waals surface area contributed by atoms with Crippen molar-refractivity contribution in [3.8, 4) is 0 Å². The maximum atomic E-state index is 13.0. The van der Waals surface area contributed by atoms with Crippen LogP contribution in [0.15, 0.2) is 0 Å². The van der Waals surface area contributed by atoms with E-state index in [0.717, 1.165) is 64.9 Å². The maximum Gasteiger partial charge on any atom is 0.231 e. The Bertz CT molecular complexity index is 324. The van der Waals surface area contributed by atoms with Crippen LogP contribution in [0.25, 0.3) is 0 Å². The van der Waals surface area contributed by atoms with Gasteiger partial charge in [-0.25, -0.2) is 0 Å². The summed E-state index contributed by atoms with van der Waals surface area (Å²) in [5.74, 6) is 0.274. The van der Waals surface area contributed by atoms with Crippen molar-refractivity contribution >= 4 is 5.91 Å². The Morgan fingerprint density at radius 3 is 2.81 bits per heavy atom. The lowest BCUT2D eigenvalue weighted by atomic mass is 9.78. The van der Waals surface area contributed by atoms with Crippen molar-refractivity contribution in [2.45, 2.75) is 45.1 Å². The third kappa shape index (κ3) is 4.18. The van der Waals surface area contributed by atoms with Gasteiger partial charge >= 0.3 is 0 Å². The molecule has 1 atom stereocenters. The molecule has 2 fully saturated rings. The molecule has 0 aromatic heterocycles. The normalized spacial score (nSPS) is 25.8. The molecule has 0 saturated carbocycles. The molecule has 5 heteroatoms. The van der Waals surface area contributed by atoms with Crippen LogP contribution in [-0.2, 0) is 14.3 Å². The summed E-state index contributed by atoms with van der Waals surface area (Å²) in [4.78, 5) is 15.1. The average Bonchev–Trinajstić information content (AvgIpc) is 2.53. The summed E-state index contributed by atoms with van der Waals surface area (Å²) in [5.41, 5.74) is -0.327. The molecule has 2 heterocycles. The van der Waals surface area contributed by atoms with Crippen LogP contribution in [0.1, 0.15) is 39.0 Å². The molecule has 2 aliphatic heterocycles. The standard InChI is InChI=1S/C16H30N2O3/c1-3-11-21-14-5-4-10-18(12-14)15(19)16(13-20-2)6-8-17-9-7-16/h14,17H,3-13H2,1-2H3. The predicted octanol–water partition coefficient (Wildman–Crippen LogP) is 1.42. The number of methoxy groups -OCH3 is 1. The molecule has 1 N–H and O–H groups in total. The lowest BCUT2D eigenvalue weighted by Gasteiger charge is -2.42. The predicted molar refractivity (Wildman–Crippen MR) is 82.3 cm³/mol. The lowest BCUT2D eigenvalue weighted by Crippen LogP contribution is -2.54. The molecular weight excluding hydrogens is 268 g/mol. The van der Waals surface area contributed by atoms with Gasteiger partial charge in [-0.05, 0) is 45.2 Å². The summed E-state index contributed by atoms with van der Waals surface area (Å²) in [6.07, 6.45) is 5.10.